The van der Waals surface area contributed by atoms with Crippen molar-refractivity contribution in [3.05, 3.63) is 60.7 Å². The summed E-state index contributed by atoms with van der Waals surface area (Å²) in [6.45, 7) is 17.2. The van der Waals surface area contributed by atoms with Crippen LogP contribution in [0, 0.1) is 23.2 Å². The molecule has 1 nitrogen and oxygen atoms in total. The largest absolute Gasteiger partial charge is 0.299 e. The molecule has 0 spiro atoms. The average Bonchev–Trinajstić information content (AvgIpc) is 2.86. The number of hydrogen-bond donors (Lipinski definition) is 0. The summed E-state index contributed by atoms with van der Waals surface area (Å²) in [5.41, 5.74) is -0.0980. The third-order valence-electron chi connectivity index (χ3n) is 9.00. The minimum absolute atomic E-state index is 0.0980. The molecule has 0 radical (unpaired) electrons. The maximum atomic E-state index is 13.5. The first-order valence-electron chi connectivity index (χ1n) is 13.0. The fraction of sp³-hybridized carbons (Fsp3) is 0.567. The van der Waals surface area contributed by atoms with E-state index in [1.54, 1.807) is 10.4 Å². The van der Waals surface area contributed by atoms with E-state index >= 15 is 0 Å². The van der Waals surface area contributed by atoms with Gasteiger partial charge in [-0.15, -0.1) is 0 Å². The van der Waals surface area contributed by atoms with Gasteiger partial charge in [-0.05, 0) is 42.2 Å². The number of ketones is 1. The minimum Gasteiger partial charge on any atom is -0.299 e. The minimum atomic E-state index is -2.09. The molecule has 2 aromatic rings. The molecule has 2 bridgehead atoms. The van der Waals surface area contributed by atoms with Crippen LogP contribution in [0.25, 0.3) is 0 Å². The SMILES string of the molecule is CC12CC(C[Si](c3ccccc3)(c3ccccc3)C(C)(C)C)CC(CC1C[Si](C)(C)C)C2=O. The molecule has 2 aliphatic rings. The second-order valence-corrected chi connectivity index (χ2v) is 24.0. The van der Waals surface area contributed by atoms with Crippen molar-refractivity contribution >= 4 is 32.3 Å². The molecule has 3 heteroatoms. The Morgan fingerprint density at radius 1 is 0.848 bits per heavy atom. The molecule has 4 rings (SSSR count). The van der Waals surface area contributed by atoms with Crippen LogP contribution in [-0.4, -0.2) is 21.9 Å². The van der Waals surface area contributed by atoms with Gasteiger partial charge < -0.3 is 0 Å². The Hall–Kier alpha value is -1.46. The number of Topliss-reactive ketones (excluding diaryl/α,β-unsaturated/α-hetero) is 1. The van der Waals surface area contributed by atoms with Crippen molar-refractivity contribution in [2.24, 2.45) is 23.2 Å². The monoisotopic (exact) mass is 476 g/mol. The van der Waals surface area contributed by atoms with E-state index in [1.165, 1.54) is 12.1 Å². The van der Waals surface area contributed by atoms with Crippen molar-refractivity contribution < 1.29 is 4.79 Å². The molecule has 0 saturated heterocycles. The predicted octanol–water partition coefficient (Wildman–Crippen LogP) is 7.01. The third kappa shape index (κ3) is 4.48. The summed E-state index contributed by atoms with van der Waals surface area (Å²) in [5, 5.41) is 3.29. The van der Waals surface area contributed by atoms with Gasteiger partial charge >= 0.3 is 0 Å². The van der Waals surface area contributed by atoms with Crippen LogP contribution in [0.2, 0.25) is 36.8 Å². The van der Waals surface area contributed by atoms with Crippen LogP contribution in [0.5, 0.6) is 0 Å². The van der Waals surface area contributed by atoms with Crippen LogP contribution in [0.1, 0.15) is 47.0 Å². The van der Waals surface area contributed by atoms with Crippen LogP contribution in [0.4, 0.5) is 0 Å². The van der Waals surface area contributed by atoms with Crippen molar-refractivity contribution in [2.75, 3.05) is 0 Å². The Morgan fingerprint density at radius 2 is 1.36 bits per heavy atom. The lowest BCUT2D eigenvalue weighted by Crippen LogP contribution is -2.65. The van der Waals surface area contributed by atoms with Crippen molar-refractivity contribution in [1.29, 1.82) is 0 Å². The molecule has 0 N–H and O–H groups in total. The van der Waals surface area contributed by atoms with Gasteiger partial charge in [0, 0.05) is 19.4 Å². The van der Waals surface area contributed by atoms with Gasteiger partial charge in [0.25, 0.3) is 0 Å². The highest BCUT2D eigenvalue weighted by molar-refractivity contribution is 7.04. The van der Waals surface area contributed by atoms with E-state index in [1.807, 2.05) is 0 Å². The van der Waals surface area contributed by atoms with Crippen molar-refractivity contribution in [3.63, 3.8) is 0 Å². The number of carbonyl (C=O) groups excluding carboxylic acids is 1. The normalized spacial score (nSPS) is 28.2. The van der Waals surface area contributed by atoms with Gasteiger partial charge in [0.2, 0.25) is 0 Å². The van der Waals surface area contributed by atoms with E-state index in [-0.39, 0.29) is 10.5 Å². The first-order chi connectivity index (χ1) is 15.4. The fourth-order valence-corrected chi connectivity index (χ4v) is 15.5. The lowest BCUT2D eigenvalue weighted by molar-refractivity contribution is -0.133. The molecule has 0 heterocycles. The molecule has 4 atom stereocenters. The molecule has 0 aliphatic heterocycles. The van der Waals surface area contributed by atoms with Crippen LogP contribution in [0.3, 0.4) is 0 Å². The van der Waals surface area contributed by atoms with E-state index in [0.29, 0.717) is 23.5 Å². The quantitative estimate of drug-likeness (QED) is 0.410. The number of rotatable bonds is 6. The Balaban J connectivity index is 1.75. The third-order valence-corrected chi connectivity index (χ3v) is 17.1. The van der Waals surface area contributed by atoms with Gasteiger partial charge in [-0.3, -0.25) is 4.79 Å². The van der Waals surface area contributed by atoms with Crippen molar-refractivity contribution in [3.8, 4) is 0 Å². The van der Waals surface area contributed by atoms with Crippen LogP contribution in [-0.2, 0) is 4.79 Å². The molecule has 2 saturated carbocycles. The average molecular weight is 477 g/mol. The summed E-state index contributed by atoms with van der Waals surface area (Å²) in [6, 6.07) is 25.3. The summed E-state index contributed by atoms with van der Waals surface area (Å²) in [4.78, 5) is 13.5. The maximum absolute atomic E-state index is 13.5. The van der Waals surface area contributed by atoms with Gasteiger partial charge in [-0.2, -0.15) is 0 Å². The van der Waals surface area contributed by atoms with Gasteiger partial charge in [-0.1, -0.05) is 124 Å². The Morgan fingerprint density at radius 3 is 1.82 bits per heavy atom. The van der Waals surface area contributed by atoms with Gasteiger partial charge in [0.15, 0.2) is 0 Å². The molecule has 2 fully saturated rings. The first-order valence-corrected chi connectivity index (χ1v) is 18.9. The summed E-state index contributed by atoms with van der Waals surface area (Å²) < 4.78 is 0. The lowest BCUT2D eigenvalue weighted by atomic mass is 9.69. The Bertz CT molecular complexity index is 930. The summed E-state index contributed by atoms with van der Waals surface area (Å²) in [5.74, 6) is 2.14. The second-order valence-electron chi connectivity index (χ2n) is 13.6. The highest BCUT2D eigenvalue weighted by atomic mass is 28.3. The highest BCUT2D eigenvalue weighted by Gasteiger charge is 2.58. The zero-order chi connectivity index (χ0) is 24.1. The van der Waals surface area contributed by atoms with Crippen LogP contribution < -0.4 is 10.4 Å². The van der Waals surface area contributed by atoms with Gasteiger partial charge in [-0.25, -0.2) is 0 Å². The molecular weight excluding hydrogens is 433 g/mol. The molecule has 0 amide bonds. The predicted molar refractivity (Wildman–Crippen MR) is 148 cm³/mol. The smallest absolute Gasteiger partial charge is 0.142 e. The Kier molecular flexibility index (Phi) is 6.46. The molecule has 0 aromatic heterocycles. The number of hydrogen-bond acceptors (Lipinski definition) is 1. The second kappa shape index (κ2) is 8.64. The topological polar surface area (TPSA) is 17.1 Å². The Labute approximate surface area is 204 Å². The highest BCUT2D eigenvalue weighted by Crippen LogP contribution is 2.58. The van der Waals surface area contributed by atoms with E-state index in [2.05, 4.69) is 108 Å². The zero-order valence-electron chi connectivity index (χ0n) is 21.9. The van der Waals surface area contributed by atoms with Crippen molar-refractivity contribution in [1.82, 2.24) is 0 Å². The number of benzene rings is 2. The van der Waals surface area contributed by atoms with E-state index in [9.17, 15) is 4.79 Å². The number of carbonyl (C=O) groups is 1. The fourth-order valence-electron chi connectivity index (χ4n) is 7.59. The summed E-state index contributed by atoms with van der Waals surface area (Å²) >= 11 is 0. The lowest BCUT2D eigenvalue weighted by Gasteiger charge is -2.48. The van der Waals surface area contributed by atoms with Gasteiger partial charge in [0.1, 0.15) is 13.9 Å². The standard InChI is InChI=1S/C30H44OSi2/c1-29(2,3)33(26-14-10-8-11-15-26,27-16-12-9-13-17-27)21-23-18-24-19-25(22-32(5,6)7)30(4,20-23)28(24)31/h8-17,23-25H,18-22H2,1-7H3. The summed E-state index contributed by atoms with van der Waals surface area (Å²) in [6.07, 6.45) is 3.36. The molecule has 33 heavy (non-hydrogen) atoms. The van der Waals surface area contributed by atoms with Crippen molar-refractivity contribution in [2.45, 2.75) is 83.7 Å². The van der Waals surface area contributed by atoms with E-state index in [4.69, 9.17) is 0 Å². The number of fused-ring (bicyclic) bond motifs is 2. The van der Waals surface area contributed by atoms with E-state index in [0.717, 1.165) is 19.3 Å². The molecule has 4 unspecified atom stereocenters. The molecule has 178 valence electrons. The first kappa shape index (κ1) is 24.7. The molecule has 2 aromatic carbocycles. The van der Waals surface area contributed by atoms with E-state index < -0.39 is 16.1 Å². The van der Waals surface area contributed by atoms with Crippen LogP contribution in [0.15, 0.2) is 60.7 Å². The summed E-state index contributed by atoms with van der Waals surface area (Å²) in [7, 11) is -3.30. The molecular formula is C30H44OSi2. The van der Waals surface area contributed by atoms with Gasteiger partial charge in [0.05, 0.1) is 0 Å². The van der Waals surface area contributed by atoms with Crippen LogP contribution >= 0.6 is 0 Å². The molecule has 2 aliphatic carbocycles. The zero-order valence-corrected chi connectivity index (χ0v) is 23.9. The maximum Gasteiger partial charge on any atom is 0.142 e.